The van der Waals surface area contributed by atoms with Crippen molar-refractivity contribution in [1.82, 2.24) is 0 Å². The minimum absolute atomic E-state index is 0.0180. The maximum atomic E-state index is 13.7. The molecule has 2 aromatic carbocycles. The van der Waals surface area contributed by atoms with Gasteiger partial charge in [-0.2, -0.15) is 10.5 Å². The fourth-order valence-corrected chi connectivity index (χ4v) is 1.88. The van der Waals surface area contributed by atoms with Crippen molar-refractivity contribution >= 4 is 15.9 Å². The van der Waals surface area contributed by atoms with Crippen molar-refractivity contribution in [1.29, 1.82) is 10.5 Å². The molecular weight excluding hydrogens is 311 g/mol. The fraction of sp³-hybridized carbons (Fsp3) is 0. The number of nitriles is 2. The van der Waals surface area contributed by atoms with E-state index in [2.05, 4.69) is 15.9 Å². The SMILES string of the molecule is N#Cc1ccc(Oc2ccc(C#N)cc2Br)c(F)c1. The summed E-state index contributed by atoms with van der Waals surface area (Å²) in [6.45, 7) is 0. The third-order valence-electron chi connectivity index (χ3n) is 2.34. The molecule has 0 unspecified atom stereocenters. The zero-order valence-electron chi connectivity index (χ0n) is 9.52. The van der Waals surface area contributed by atoms with E-state index < -0.39 is 5.82 Å². The van der Waals surface area contributed by atoms with Crippen molar-refractivity contribution in [3.63, 3.8) is 0 Å². The minimum atomic E-state index is -0.615. The van der Waals surface area contributed by atoms with Gasteiger partial charge in [-0.25, -0.2) is 4.39 Å². The second-order valence-electron chi connectivity index (χ2n) is 3.62. The summed E-state index contributed by atoms with van der Waals surface area (Å²) in [4.78, 5) is 0. The standard InChI is InChI=1S/C14H6BrFN2O/c15-11-5-9(7-17)1-3-13(11)19-14-4-2-10(8-18)6-12(14)16/h1-6H. The summed E-state index contributed by atoms with van der Waals surface area (Å²) in [6.07, 6.45) is 0. The van der Waals surface area contributed by atoms with Gasteiger partial charge in [-0.15, -0.1) is 0 Å². The Balaban J connectivity index is 2.32. The molecule has 5 heteroatoms. The van der Waals surface area contributed by atoms with Gasteiger partial charge < -0.3 is 4.74 Å². The van der Waals surface area contributed by atoms with Crippen molar-refractivity contribution in [2.24, 2.45) is 0 Å². The molecule has 92 valence electrons. The quantitative estimate of drug-likeness (QED) is 0.837. The van der Waals surface area contributed by atoms with E-state index in [9.17, 15) is 4.39 Å². The third-order valence-corrected chi connectivity index (χ3v) is 2.96. The number of ether oxygens (including phenoxy) is 1. The summed E-state index contributed by atoms with van der Waals surface area (Å²) in [7, 11) is 0. The largest absolute Gasteiger partial charge is 0.453 e. The Kier molecular flexibility index (Phi) is 3.79. The van der Waals surface area contributed by atoms with Crippen LogP contribution >= 0.6 is 15.9 Å². The molecule has 0 amide bonds. The molecule has 0 aliphatic rings. The van der Waals surface area contributed by atoms with Gasteiger partial charge in [0.2, 0.25) is 0 Å². The molecular formula is C14H6BrFN2O. The van der Waals surface area contributed by atoms with Gasteiger partial charge >= 0.3 is 0 Å². The zero-order valence-corrected chi connectivity index (χ0v) is 11.1. The number of halogens is 2. The van der Waals surface area contributed by atoms with Crippen LogP contribution in [0.4, 0.5) is 4.39 Å². The monoisotopic (exact) mass is 316 g/mol. The van der Waals surface area contributed by atoms with Crippen molar-refractivity contribution < 1.29 is 9.13 Å². The van der Waals surface area contributed by atoms with Crippen LogP contribution in [0.25, 0.3) is 0 Å². The molecule has 19 heavy (non-hydrogen) atoms. The predicted octanol–water partition coefficient (Wildman–Crippen LogP) is 4.12. The Morgan fingerprint density at radius 1 is 0.947 bits per heavy atom. The van der Waals surface area contributed by atoms with Crippen LogP contribution in [0.1, 0.15) is 11.1 Å². The summed E-state index contributed by atoms with van der Waals surface area (Å²) < 4.78 is 19.6. The van der Waals surface area contributed by atoms with Crippen molar-refractivity contribution in [2.75, 3.05) is 0 Å². The lowest BCUT2D eigenvalue weighted by molar-refractivity contribution is 0.440. The predicted molar refractivity (Wildman–Crippen MR) is 70.0 cm³/mol. The molecule has 0 bridgehead atoms. The van der Waals surface area contributed by atoms with E-state index in [1.54, 1.807) is 18.2 Å². The van der Waals surface area contributed by atoms with Gasteiger partial charge in [-0.3, -0.25) is 0 Å². The number of nitrogens with zero attached hydrogens (tertiary/aromatic N) is 2. The first-order valence-corrected chi connectivity index (χ1v) is 6.00. The van der Waals surface area contributed by atoms with Crippen LogP contribution in [0, 0.1) is 28.5 Å². The molecule has 0 saturated carbocycles. The highest BCUT2D eigenvalue weighted by molar-refractivity contribution is 9.10. The maximum Gasteiger partial charge on any atom is 0.167 e. The smallest absolute Gasteiger partial charge is 0.167 e. The van der Waals surface area contributed by atoms with E-state index in [1.807, 2.05) is 12.1 Å². The summed E-state index contributed by atoms with van der Waals surface area (Å²) in [5.74, 6) is -0.206. The Morgan fingerprint density at radius 2 is 1.53 bits per heavy atom. The van der Waals surface area contributed by atoms with E-state index in [4.69, 9.17) is 15.3 Å². The second-order valence-corrected chi connectivity index (χ2v) is 4.47. The zero-order chi connectivity index (χ0) is 13.8. The molecule has 2 rings (SSSR count). The number of rotatable bonds is 2. The van der Waals surface area contributed by atoms with Gasteiger partial charge in [0.1, 0.15) is 5.75 Å². The van der Waals surface area contributed by atoms with Crippen LogP contribution in [0.15, 0.2) is 40.9 Å². The van der Waals surface area contributed by atoms with Crippen LogP contribution in [-0.2, 0) is 0 Å². The second kappa shape index (κ2) is 5.51. The van der Waals surface area contributed by atoms with Crippen LogP contribution in [-0.4, -0.2) is 0 Å². The minimum Gasteiger partial charge on any atom is -0.453 e. The first-order valence-electron chi connectivity index (χ1n) is 5.21. The summed E-state index contributed by atoms with van der Waals surface area (Å²) >= 11 is 3.25. The van der Waals surface area contributed by atoms with Crippen molar-refractivity contribution in [3.8, 4) is 23.6 Å². The Morgan fingerprint density at radius 3 is 2.05 bits per heavy atom. The average Bonchev–Trinajstić information content (AvgIpc) is 2.42. The summed E-state index contributed by atoms with van der Waals surface area (Å²) in [5.41, 5.74) is 0.697. The van der Waals surface area contributed by atoms with Gasteiger partial charge in [0.25, 0.3) is 0 Å². The van der Waals surface area contributed by atoms with Gasteiger partial charge in [0, 0.05) is 0 Å². The highest BCUT2D eigenvalue weighted by atomic mass is 79.9. The molecule has 0 radical (unpaired) electrons. The molecule has 3 nitrogen and oxygen atoms in total. The lowest BCUT2D eigenvalue weighted by Gasteiger charge is -2.08. The molecule has 2 aromatic rings. The van der Waals surface area contributed by atoms with E-state index in [0.717, 1.165) is 6.07 Å². The maximum absolute atomic E-state index is 13.7. The van der Waals surface area contributed by atoms with Crippen LogP contribution in [0.3, 0.4) is 0 Å². The van der Waals surface area contributed by atoms with E-state index in [-0.39, 0.29) is 11.3 Å². The summed E-state index contributed by atoms with van der Waals surface area (Å²) in [5, 5.41) is 17.4. The summed E-state index contributed by atoms with van der Waals surface area (Å²) in [6, 6.07) is 12.5. The lowest BCUT2D eigenvalue weighted by atomic mass is 10.2. The molecule has 0 fully saturated rings. The molecule has 0 N–H and O–H groups in total. The molecule has 0 heterocycles. The number of hydrogen-bond donors (Lipinski definition) is 0. The van der Waals surface area contributed by atoms with Gasteiger partial charge in [-0.05, 0) is 52.3 Å². The van der Waals surface area contributed by atoms with Crippen LogP contribution in [0.2, 0.25) is 0 Å². The van der Waals surface area contributed by atoms with E-state index in [1.165, 1.54) is 12.1 Å². The molecule has 0 aliphatic heterocycles. The first kappa shape index (κ1) is 13.1. The molecule has 0 aliphatic carbocycles. The first-order chi connectivity index (χ1) is 9.13. The van der Waals surface area contributed by atoms with E-state index in [0.29, 0.717) is 15.8 Å². The fourth-order valence-electron chi connectivity index (χ4n) is 1.42. The number of benzene rings is 2. The molecule has 0 atom stereocenters. The van der Waals surface area contributed by atoms with Crippen LogP contribution < -0.4 is 4.74 Å². The highest BCUT2D eigenvalue weighted by Gasteiger charge is 2.09. The topological polar surface area (TPSA) is 56.8 Å². The Bertz CT molecular complexity index is 655. The third kappa shape index (κ3) is 2.90. The van der Waals surface area contributed by atoms with Gasteiger partial charge in [0.05, 0.1) is 27.7 Å². The molecule has 0 saturated heterocycles. The number of hydrogen-bond acceptors (Lipinski definition) is 3. The van der Waals surface area contributed by atoms with Crippen molar-refractivity contribution in [3.05, 3.63) is 57.8 Å². The Hall–Kier alpha value is -2.37. The Labute approximate surface area is 117 Å². The van der Waals surface area contributed by atoms with Gasteiger partial charge in [0.15, 0.2) is 11.6 Å². The lowest BCUT2D eigenvalue weighted by Crippen LogP contribution is -1.90. The van der Waals surface area contributed by atoms with E-state index >= 15 is 0 Å². The van der Waals surface area contributed by atoms with Crippen LogP contribution in [0.5, 0.6) is 11.5 Å². The molecule has 0 spiro atoms. The molecule has 0 aromatic heterocycles. The van der Waals surface area contributed by atoms with Gasteiger partial charge in [-0.1, -0.05) is 0 Å². The normalized spacial score (nSPS) is 9.47. The van der Waals surface area contributed by atoms with Crippen molar-refractivity contribution in [2.45, 2.75) is 0 Å². The average molecular weight is 317 g/mol. The highest BCUT2D eigenvalue weighted by Crippen LogP contribution is 2.31.